The van der Waals surface area contributed by atoms with E-state index >= 15 is 0 Å². The monoisotopic (exact) mass is 180 g/mol. The molecular formula is C9H16N4. The molecule has 0 amide bonds. The average molecular weight is 180 g/mol. The van der Waals surface area contributed by atoms with E-state index in [1.54, 1.807) is 6.20 Å². The maximum atomic E-state index is 4.09. The summed E-state index contributed by atoms with van der Waals surface area (Å²) in [5, 5.41) is 3.23. The fourth-order valence-corrected chi connectivity index (χ4v) is 1.41. The van der Waals surface area contributed by atoms with Gasteiger partial charge >= 0.3 is 0 Å². The van der Waals surface area contributed by atoms with Crippen LogP contribution in [0.2, 0.25) is 0 Å². The van der Waals surface area contributed by atoms with Gasteiger partial charge in [-0.3, -0.25) is 0 Å². The van der Waals surface area contributed by atoms with Crippen LogP contribution in [0.25, 0.3) is 0 Å². The first-order valence-electron chi connectivity index (χ1n) is 4.80. The molecule has 0 spiro atoms. The lowest BCUT2D eigenvalue weighted by molar-refractivity contribution is 0.337. The van der Waals surface area contributed by atoms with Crippen molar-refractivity contribution in [3.63, 3.8) is 0 Å². The van der Waals surface area contributed by atoms with Crippen LogP contribution in [0.3, 0.4) is 0 Å². The van der Waals surface area contributed by atoms with Crippen LogP contribution in [0.5, 0.6) is 0 Å². The molecular weight excluding hydrogens is 164 g/mol. The maximum absolute atomic E-state index is 4.09. The molecule has 1 aromatic heterocycles. The van der Waals surface area contributed by atoms with E-state index in [2.05, 4.69) is 27.2 Å². The molecule has 0 radical (unpaired) electrons. The Hall–Kier alpha value is -1.03. The number of hydrogen-bond acceptors (Lipinski definition) is 3. The first-order chi connectivity index (χ1) is 6.36. The van der Waals surface area contributed by atoms with E-state index in [1.807, 2.05) is 6.20 Å². The molecule has 0 bridgehead atoms. The molecule has 4 heteroatoms. The van der Waals surface area contributed by atoms with Crippen LogP contribution in [0, 0.1) is 0 Å². The highest BCUT2D eigenvalue weighted by atomic mass is 15.2. The Morgan fingerprint density at radius 3 is 3.15 bits per heavy atom. The number of imidazole rings is 1. The van der Waals surface area contributed by atoms with E-state index in [1.165, 1.54) is 12.8 Å². The van der Waals surface area contributed by atoms with Gasteiger partial charge < -0.3 is 15.2 Å². The van der Waals surface area contributed by atoms with Crippen LogP contribution in [-0.4, -0.2) is 41.0 Å². The lowest BCUT2D eigenvalue weighted by Gasteiger charge is -2.15. The normalized spacial score (nSPS) is 16.5. The van der Waals surface area contributed by atoms with Crippen molar-refractivity contribution in [2.75, 3.05) is 25.5 Å². The third kappa shape index (κ3) is 2.45. The van der Waals surface area contributed by atoms with Gasteiger partial charge in [0.1, 0.15) is 0 Å². The molecule has 0 atom stereocenters. The molecule has 2 N–H and O–H groups in total. The topological polar surface area (TPSA) is 44.0 Å². The van der Waals surface area contributed by atoms with Gasteiger partial charge in [-0.25, -0.2) is 4.98 Å². The van der Waals surface area contributed by atoms with Crippen molar-refractivity contribution >= 4 is 5.95 Å². The lowest BCUT2D eigenvalue weighted by atomic mass is 10.5. The second kappa shape index (κ2) is 3.79. The van der Waals surface area contributed by atoms with Gasteiger partial charge in [-0.1, -0.05) is 0 Å². The van der Waals surface area contributed by atoms with Gasteiger partial charge in [0.05, 0.1) is 0 Å². The van der Waals surface area contributed by atoms with E-state index in [4.69, 9.17) is 0 Å². The van der Waals surface area contributed by atoms with Gasteiger partial charge in [-0.15, -0.1) is 0 Å². The average Bonchev–Trinajstić information content (AvgIpc) is 2.86. The Morgan fingerprint density at radius 2 is 2.54 bits per heavy atom. The van der Waals surface area contributed by atoms with Gasteiger partial charge in [-0.2, -0.15) is 0 Å². The lowest BCUT2D eigenvalue weighted by Crippen LogP contribution is -2.27. The van der Waals surface area contributed by atoms with Crippen LogP contribution in [-0.2, 0) is 0 Å². The van der Waals surface area contributed by atoms with Crippen LogP contribution >= 0.6 is 0 Å². The van der Waals surface area contributed by atoms with Crippen molar-refractivity contribution in [2.45, 2.75) is 18.9 Å². The summed E-state index contributed by atoms with van der Waals surface area (Å²) in [6, 6.07) is 0.846. The standard InChI is InChI=1S/C9H16N4/c1-13(8-2-3-8)7-6-12-9-10-4-5-11-9/h4-5,8H,2-3,6-7H2,1H3,(H2,10,11,12). The van der Waals surface area contributed by atoms with E-state index in [9.17, 15) is 0 Å². The van der Waals surface area contributed by atoms with Crippen molar-refractivity contribution in [3.8, 4) is 0 Å². The smallest absolute Gasteiger partial charge is 0.200 e. The van der Waals surface area contributed by atoms with Gasteiger partial charge in [0, 0.05) is 31.5 Å². The second-order valence-corrected chi connectivity index (χ2v) is 3.58. The molecule has 1 aromatic rings. The summed E-state index contributed by atoms with van der Waals surface area (Å²) in [5.74, 6) is 0.865. The molecule has 0 saturated heterocycles. The third-order valence-electron chi connectivity index (χ3n) is 2.43. The zero-order chi connectivity index (χ0) is 9.10. The van der Waals surface area contributed by atoms with Gasteiger partial charge in [0.15, 0.2) is 5.95 Å². The third-order valence-corrected chi connectivity index (χ3v) is 2.43. The first kappa shape index (κ1) is 8.56. The first-order valence-corrected chi connectivity index (χ1v) is 4.80. The van der Waals surface area contributed by atoms with E-state index in [0.717, 1.165) is 25.1 Å². The molecule has 2 rings (SSSR count). The molecule has 1 heterocycles. The highest BCUT2D eigenvalue weighted by Gasteiger charge is 2.25. The minimum atomic E-state index is 0.846. The zero-order valence-electron chi connectivity index (χ0n) is 7.95. The molecule has 72 valence electrons. The molecule has 13 heavy (non-hydrogen) atoms. The van der Waals surface area contributed by atoms with E-state index < -0.39 is 0 Å². The maximum Gasteiger partial charge on any atom is 0.200 e. The summed E-state index contributed by atoms with van der Waals surface area (Å²) in [6.45, 7) is 2.05. The number of nitrogens with zero attached hydrogens (tertiary/aromatic N) is 2. The Morgan fingerprint density at radius 1 is 1.69 bits per heavy atom. The number of anilines is 1. The Kier molecular flexibility index (Phi) is 2.49. The second-order valence-electron chi connectivity index (χ2n) is 3.58. The molecule has 0 aliphatic heterocycles. The van der Waals surface area contributed by atoms with Crippen molar-refractivity contribution in [1.82, 2.24) is 14.9 Å². The molecule has 4 nitrogen and oxygen atoms in total. The zero-order valence-corrected chi connectivity index (χ0v) is 7.95. The minimum absolute atomic E-state index is 0.846. The number of likely N-dealkylation sites (N-methyl/N-ethyl adjacent to an activating group) is 1. The van der Waals surface area contributed by atoms with Crippen molar-refractivity contribution in [1.29, 1.82) is 0 Å². The predicted molar refractivity (Wildman–Crippen MR) is 52.7 cm³/mol. The number of H-pyrrole nitrogens is 1. The number of aromatic amines is 1. The van der Waals surface area contributed by atoms with Crippen molar-refractivity contribution < 1.29 is 0 Å². The van der Waals surface area contributed by atoms with Crippen LogP contribution in [0.15, 0.2) is 12.4 Å². The summed E-state index contributed by atoms with van der Waals surface area (Å²) in [4.78, 5) is 9.50. The summed E-state index contributed by atoms with van der Waals surface area (Å²) >= 11 is 0. The fraction of sp³-hybridized carbons (Fsp3) is 0.667. The summed E-state index contributed by atoms with van der Waals surface area (Å²) < 4.78 is 0. The molecule has 0 aromatic carbocycles. The molecule has 1 aliphatic rings. The predicted octanol–water partition coefficient (Wildman–Crippen LogP) is 0.916. The Balaban J connectivity index is 1.63. The summed E-state index contributed by atoms with van der Waals surface area (Å²) in [5.41, 5.74) is 0. The summed E-state index contributed by atoms with van der Waals surface area (Å²) in [7, 11) is 2.18. The van der Waals surface area contributed by atoms with Crippen molar-refractivity contribution in [3.05, 3.63) is 12.4 Å². The molecule has 1 fully saturated rings. The number of nitrogens with one attached hydrogen (secondary N) is 2. The fourth-order valence-electron chi connectivity index (χ4n) is 1.41. The number of rotatable bonds is 5. The highest BCUT2D eigenvalue weighted by Crippen LogP contribution is 2.24. The quantitative estimate of drug-likeness (QED) is 0.708. The van der Waals surface area contributed by atoms with Crippen LogP contribution in [0.4, 0.5) is 5.95 Å². The number of aromatic nitrogens is 2. The van der Waals surface area contributed by atoms with Gasteiger partial charge in [-0.05, 0) is 19.9 Å². The van der Waals surface area contributed by atoms with E-state index in [-0.39, 0.29) is 0 Å². The van der Waals surface area contributed by atoms with Crippen LogP contribution in [0.1, 0.15) is 12.8 Å². The largest absolute Gasteiger partial charge is 0.355 e. The van der Waals surface area contributed by atoms with Crippen molar-refractivity contribution in [2.24, 2.45) is 0 Å². The van der Waals surface area contributed by atoms with Crippen LogP contribution < -0.4 is 5.32 Å². The molecule has 1 aliphatic carbocycles. The highest BCUT2D eigenvalue weighted by molar-refractivity contribution is 5.22. The van der Waals surface area contributed by atoms with Gasteiger partial charge in [0.2, 0.25) is 0 Å². The Labute approximate surface area is 78.4 Å². The Bertz CT molecular complexity index is 240. The van der Waals surface area contributed by atoms with E-state index in [0.29, 0.717) is 0 Å². The van der Waals surface area contributed by atoms with Gasteiger partial charge in [0.25, 0.3) is 0 Å². The SMILES string of the molecule is CN(CCNc1ncc[nH]1)C1CC1. The minimum Gasteiger partial charge on any atom is -0.355 e. The summed E-state index contributed by atoms with van der Waals surface area (Å²) in [6.07, 6.45) is 6.33. The molecule has 1 saturated carbocycles. The molecule has 0 unspecified atom stereocenters. The number of hydrogen-bond donors (Lipinski definition) is 2.